The number of carboxylic acid groups (broad SMARTS) is 1. The third kappa shape index (κ3) is 2.20. The van der Waals surface area contributed by atoms with Gasteiger partial charge >= 0.3 is 5.97 Å². The lowest BCUT2D eigenvalue weighted by molar-refractivity contribution is -0.142. The molecule has 84 valence electrons. The number of oxazole rings is 1. The van der Waals surface area contributed by atoms with Crippen LogP contribution in [0.2, 0.25) is 0 Å². The van der Waals surface area contributed by atoms with E-state index in [2.05, 4.69) is 4.98 Å². The fraction of sp³-hybridized carbons (Fsp3) is 0.273. The van der Waals surface area contributed by atoms with E-state index in [1.165, 1.54) is 0 Å². The number of hydrogen-bond acceptors (Lipinski definition) is 4. The Labute approximate surface area is 91.7 Å². The van der Waals surface area contributed by atoms with Gasteiger partial charge in [0.05, 0.1) is 0 Å². The van der Waals surface area contributed by atoms with Crippen molar-refractivity contribution in [3.8, 4) is 0 Å². The third-order valence-corrected chi connectivity index (χ3v) is 2.11. The minimum atomic E-state index is -1.01. The highest BCUT2D eigenvalue weighted by Gasteiger charge is 2.08. The van der Waals surface area contributed by atoms with E-state index in [4.69, 9.17) is 14.3 Å². The van der Waals surface area contributed by atoms with Crippen LogP contribution >= 0.6 is 0 Å². The number of ether oxygens (including phenoxy) is 1. The first-order valence-corrected chi connectivity index (χ1v) is 4.81. The Hall–Kier alpha value is -1.88. The molecule has 5 nitrogen and oxygen atoms in total. The van der Waals surface area contributed by atoms with E-state index in [1.807, 2.05) is 25.1 Å². The van der Waals surface area contributed by atoms with Crippen molar-refractivity contribution < 1.29 is 19.1 Å². The van der Waals surface area contributed by atoms with Crippen LogP contribution in [0, 0.1) is 6.92 Å². The summed E-state index contributed by atoms with van der Waals surface area (Å²) in [6.45, 7) is 1.65. The smallest absolute Gasteiger partial charge is 0.329 e. The SMILES string of the molecule is Cc1cccc2nc(COCC(=O)O)oc12. The van der Waals surface area contributed by atoms with Gasteiger partial charge in [0, 0.05) is 0 Å². The molecule has 0 bridgehead atoms. The second-order valence-electron chi connectivity index (χ2n) is 3.42. The number of aliphatic carboxylic acids is 1. The van der Waals surface area contributed by atoms with Crippen molar-refractivity contribution in [2.75, 3.05) is 6.61 Å². The maximum absolute atomic E-state index is 10.2. The molecule has 0 saturated heterocycles. The zero-order valence-corrected chi connectivity index (χ0v) is 8.77. The van der Waals surface area contributed by atoms with E-state index in [1.54, 1.807) is 0 Å². The first kappa shape index (κ1) is 10.6. The molecule has 0 radical (unpaired) electrons. The summed E-state index contributed by atoms with van der Waals surface area (Å²) in [6.07, 6.45) is 0. The second-order valence-corrected chi connectivity index (χ2v) is 3.42. The summed E-state index contributed by atoms with van der Waals surface area (Å²) < 4.78 is 10.3. The van der Waals surface area contributed by atoms with Gasteiger partial charge in [-0.15, -0.1) is 0 Å². The largest absolute Gasteiger partial charge is 0.480 e. The lowest BCUT2D eigenvalue weighted by Crippen LogP contribution is -2.06. The molecule has 2 rings (SSSR count). The molecule has 1 aromatic carbocycles. The average Bonchev–Trinajstić information content (AvgIpc) is 2.61. The molecule has 0 saturated carbocycles. The zero-order chi connectivity index (χ0) is 11.5. The molecule has 0 aliphatic rings. The van der Waals surface area contributed by atoms with Gasteiger partial charge in [-0.25, -0.2) is 9.78 Å². The van der Waals surface area contributed by atoms with Gasteiger partial charge in [-0.2, -0.15) is 0 Å². The molecule has 1 N–H and O–H groups in total. The van der Waals surface area contributed by atoms with Crippen LogP contribution in [0.3, 0.4) is 0 Å². The Balaban J connectivity index is 2.14. The molecular formula is C11H11NO4. The number of rotatable bonds is 4. The first-order valence-electron chi connectivity index (χ1n) is 4.81. The van der Waals surface area contributed by atoms with Gasteiger partial charge in [0.15, 0.2) is 5.58 Å². The summed E-state index contributed by atoms with van der Waals surface area (Å²) in [5.74, 6) is -0.613. The molecular weight excluding hydrogens is 210 g/mol. The monoisotopic (exact) mass is 221 g/mol. The molecule has 16 heavy (non-hydrogen) atoms. The Morgan fingerprint density at radius 1 is 1.56 bits per heavy atom. The van der Waals surface area contributed by atoms with Gasteiger partial charge < -0.3 is 14.3 Å². The molecule has 0 fully saturated rings. The van der Waals surface area contributed by atoms with E-state index in [0.717, 1.165) is 16.7 Å². The lowest BCUT2D eigenvalue weighted by atomic mass is 10.2. The Morgan fingerprint density at radius 3 is 3.06 bits per heavy atom. The summed E-state index contributed by atoms with van der Waals surface area (Å²) in [7, 11) is 0. The Morgan fingerprint density at radius 2 is 2.38 bits per heavy atom. The van der Waals surface area contributed by atoms with E-state index in [9.17, 15) is 4.79 Å². The molecule has 2 aromatic rings. The van der Waals surface area contributed by atoms with Crippen molar-refractivity contribution in [1.29, 1.82) is 0 Å². The third-order valence-electron chi connectivity index (χ3n) is 2.11. The maximum Gasteiger partial charge on any atom is 0.329 e. The van der Waals surface area contributed by atoms with Crippen LogP contribution in [0.5, 0.6) is 0 Å². The number of aryl methyl sites for hydroxylation is 1. The number of aromatic nitrogens is 1. The quantitative estimate of drug-likeness (QED) is 0.851. The van der Waals surface area contributed by atoms with Crippen molar-refractivity contribution in [2.24, 2.45) is 0 Å². The molecule has 0 unspecified atom stereocenters. The van der Waals surface area contributed by atoms with Gasteiger partial charge in [0.2, 0.25) is 5.89 Å². The van der Waals surface area contributed by atoms with Crippen LogP contribution in [-0.2, 0) is 16.1 Å². The highest BCUT2D eigenvalue weighted by Crippen LogP contribution is 2.19. The molecule has 0 aliphatic carbocycles. The summed E-state index contributed by atoms with van der Waals surface area (Å²) in [4.78, 5) is 14.4. The van der Waals surface area contributed by atoms with Crippen LogP contribution in [0.1, 0.15) is 11.5 Å². The number of fused-ring (bicyclic) bond motifs is 1. The van der Waals surface area contributed by atoms with E-state index < -0.39 is 5.97 Å². The molecule has 0 atom stereocenters. The van der Waals surface area contributed by atoms with E-state index >= 15 is 0 Å². The fourth-order valence-corrected chi connectivity index (χ4v) is 1.42. The molecule has 0 aliphatic heterocycles. The normalized spacial score (nSPS) is 10.8. The van der Waals surface area contributed by atoms with Crippen molar-refractivity contribution in [1.82, 2.24) is 4.98 Å². The van der Waals surface area contributed by atoms with Crippen molar-refractivity contribution in [3.05, 3.63) is 29.7 Å². The first-order chi connectivity index (χ1) is 7.66. The molecule has 5 heteroatoms. The van der Waals surface area contributed by atoms with Crippen LogP contribution in [0.15, 0.2) is 22.6 Å². The van der Waals surface area contributed by atoms with Crippen LogP contribution < -0.4 is 0 Å². The Bertz CT molecular complexity index is 518. The highest BCUT2D eigenvalue weighted by molar-refractivity contribution is 5.75. The lowest BCUT2D eigenvalue weighted by Gasteiger charge is -1.95. The topological polar surface area (TPSA) is 72.6 Å². The summed E-state index contributed by atoms with van der Waals surface area (Å²) in [5, 5.41) is 8.40. The summed E-state index contributed by atoms with van der Waals surface area (Å²) in [6, 6.07) is 5.66. The predicted molar refractivity (Wildman–Crippen MR) is 56.0 cm³/mol. The van der Waals surface area contributed by atoms with Crippen molar-refractivity contribution in [3.63, 3.8) is 0 Å². The number of hydrogen-bond donors (Lipinski definition) is 1. The predicted octanol–water partition coefficient (Wildman–Crippen LogP) is 1.74. The summed E-state index contributed by atoms with van der Waals surface area (Å²) in [5.41, 5.74) is 2.47. The number of carboxylic acids is 1. The second kappa shape index (κ2) is 4.32. The fourth-order valence-electron chi connectivity index (χ4n) is 1.42. The molecule has 1 heterocycles. The average molecular weight is 221 g/mol. The van der Waals surface area contributed by atoms with Gasteiger partial charge in [0.25, 0.3) is 0 Å². The van der Waals surface area contributed by atoms with Gasteiger partial charge in [-0.1, -0.05) is 12.1 Å². The van der Waals surface area contributed by atoms with E-state index in [-0.39, 0.29) is 13.2 Å². The molecule has 1 aromatic heterocycles. The zero-order valence-electron chi connectivity index (χ0n) is 8.77. The standard InChI is InChI=1S/C11H11NO4/c1-7-3-2-4-8-11(7)16-9(12-8)5-15-6-10(13)14/h2-4H,5-6H2,1H3,(H,13,14). The van der Waals surface area contributed by atoms with Crippen LogP contribution in [0.25, 0.3) is 11.1 Å². The number of para-hydroxylation sites is 1. The van der Waals surface area contributed by atoms with Gasteiger partial charge in [-0.3, -0.25) is 0 Å². The molecule has 0 spiro atoms. The van der Waals surface area contributed by atoms with Crippen molar-refractivity contribution in [2.45, 2.75) is 13.5 Å². The number of carbonyl (C=O) groups is 1. The van der Waals surface area contributed by atoms with Gasteiger partial charge in [-0.05, 0) is 18.6 Å². The highest BCUT2D eigenvalue weighted by atomic mass is 16.5. The van der Waals surface area contributed by atoms with E-state index in [0.29, 0.717) is 5.89 Å². The van der Waals surface area contributed by atoms with Crippen LogP contribution in [0.4, 0.5) is 0 Å². The van der Waals surface area contributed by atoms with Gasteiger partial charge in [0.1, 0.15) is 18.7 Å². The number of benzene rings is 1. The molecule has 0 amide bonds. The number of nitrogens with zero attached hydrogens (tertiary/aromatic N) is 1. The Kier molecular flexibility index (Phi) is 2.87. The minimum absolute atomic E-state index is 0.0699. The van der Waals surface area contributed by atoms with Crippen molar-refractivity contribution >= 4 is 17.1 Å². The van der Waals surface area contributed by atoms with Crippen LogP contribution in [-0.4, -0.2) is 22.7 Å². The minimum Gasteiger partial charge on any atom is -0.480 e. The maximum atomic E-state index is 10.2. The summed E-state index contributed by atoms with van der Waals surface area (Å²) >= 11 is 0.